The number of carboxylic acids is 1. The minimum absolute atomic E-state index is 0.0672. The highest BCUT2D eigenvalue weighted by molar-refractivity contribution is 5.71. The summed E-state index contributed by atoms with van der Waals surface area (Å²) in [6.07, 6.45) is 0. The molecule has 0 bridgehead atoms. The molecular weight excluding hydrogens is 194 g/mol. The zero-order valence-corrected chi connectivity index (χ0v) is 8.65. The molecule has 0 saturated heterocycles. The molecular formula is C11H12NO3+. The van der Waals surface area contributed by atoms with Crippen LogP contribution in [0.4, 0.5) is 0 Å². The second kappa shape index (κ2) is 3.38. The lowest BCUT2D eigenvalue weighted by molar-refractivity contribution is -0.671. The number of carboxylic acid groups (broad SMARTS) is 1. The highest BCUT2D eigenvalue weighted by Crippen LogP contribution is 2.14. The maximum Gasteiger partial charge on any atom is 0.370 e. The van der Waals surface area contributed by atoms with Crippen LogP contribution in [0.5, 0.6) is 0 Å². The second-order valence-corrected chi connectivity index (χ2v) is 3.57. The van der Waals surface area contributed by atoms with Gasteiger partial charge in [0.05, 0.1) is 6.92 Å². The number of fused-ring (bicyclic) bond motifs is 1. The number of nitrogens with zero attached hydrogens (tertiary/aromatic N) is 1. The summed E-state index contributed by atoms with van der Waals surface area (Å²) in [4.78, 5) is 10.7. The summed E-state index contributed by atoms with van der Waals surface area (Å²) in [5.41, 5.74) is 2.64. The van der Waals surface area contributed by atoms with Crippen LogP contribution in [-0.4, -0.2) is 11.1 Å². The average Bonchev–Trinajstić information content (AvgIpc) is 2.43. The van der Waals surface area contributed by atoms with Crippen LogP contribution in [0.1, 0.15) is 11.5 Å². The number of oxazole rings is 1. The van der Waals surface area contributed by atoms with Gasteiger partial charge < -0.3 is 9.52 Å². The van der Waals surface area contributed by atoms with E-state index in [0.717, 1.165) is 16.7 Å². The maximum atomic E-state index is 10.7. The lowest BCUT2D eigenvalue weighted by Crippen LogP contribution is -2.39. The summed E-state index contributed by atoms with van der Waals surface area (Å²) in [5.74, 6) is -0.259. The molecule has 1 aromatic heterocycles. The van der Waals surface area contributed by atoms with Crippen LogP contribution in [0.25, 0.3) is 11.1 Å². The van der Waals surface area contributed by atoms with Crippen molar-refractivity contribution in [2.75, 3.05) is 0 Å². The normalized spacial score (nSPS) is 10.8. The van der Waals surface area contributed by atoms with E-state index in [1.54, 1.807) is 11.5 Å². The van der Waals surface area contributed by atoms with Crippen LogP contribution >= 0.6 is 0 Å². The van der Waals surface area contributed by atoms with Gasteiger partial charge in [0.1, 0.15) is 0 Å². The van der Waals surface area contributed by atoms with Crippen molar-refractivity contribution >= 4 is 17.1 Å². The maximum absolute atomic E-state index is 10.7. The van der Waals surface area contributed by atoms with Gasteiger partial charge in [-0.15, -0.1) is 4.57 Å². The first kappa shape index (κ1) is 9.71. The summed E-state index contributed by atoms with van der Waals surface area (Å²) in [5, 5.41) is 8.78. The van der Waals surface area contributed by atoms with Crippen LogP contribution in [0.2, 0.25) is 0 Å². The Morgan fingerprint density at radius 3 is 2.87 bits per heavy atom. The Labute approximate surface area is 86.8 Å². The molecule has 1 aromatic carbocycles. The molecule has 1 N–H and O–H groups in total. The van der Waals surface area contributed by atoms with Gasteiger partial charge in [-0.05, 0) is 18.6 Å². The molecule has 4 nitrogen and oxygen atoms in total. The first-order valence-corrected chi connectivity index (χ1v) is 4.69. The molecule has 0 radical (unpaired) electrons. The van der Waals surface area contributed by atoms with Crippen molar-refractivity contribution in [3.8, 4) is 0 Å². The molecule has 4 heteroatoms. The Morgan fingerprint density at radius 1 is 1.47 bits per heavy atom. The first-order chi connectivity index (χ1) is 7.08. The minimum atomic E-state index is -0.868. The van der Waals surface area contributed by atoms with Crippen LogP contribution in [0.15, 0.2) is 22.6 Å². The lowest BCUT2D eigenvalue weighted by Gasteiger charge is -1.90. The number of hydrogen-bond donors (Lipinski definition) is 1. The molecule has 0 saturated carbocycles. The van der Waals surface area contributed by atoms with Crippen molar-refractivity contribution in [1.29, 1.82) is 0 Å². The Kier molecular flexibility index (Phi) is 2.19. The van der Waals surface area contributed by atoms with Crippen LogP contribution in [0.3, 0.4) is 0 Å². The third-order valence-corrected chi connectivity index (χ3v) is 2.34. The zero-order chi connectivity index (χ0) is 11.0. The third kappa shape index (κ3) is 1.70. The number of aliphatic carboxylic acids is 1. The van der Waals surface area contributed by atoms with Crippen molar-refractivity contribution in [1.82, 2.24) is 0 Å². The van der Waals surface area contributed by atoms with Crippen molar-refractivity contribution < 1.29 is 18.9 Å². The van der Waals surface area contributed by atoms with Crippen LogP contribution in [0, 0.1) is 13.8 Å². The van der Waals surface area contributed by atoms with Crippen molar-refractivity contribution in [2.24, 2.45) is 0 Å². The van der Waals surface area contributed by atoms with Crippen LogP contribution in [-0.2, 0) is 11.3 Å². The van der Waals surface area contributed by atoms with E-state index in [4.69, 9.17) is 9.52 Å². The Morgan fingerprint density at radius 2 is 2.20 bits per heavy atom. The first-order valence-electron chi connectivity index (χ1n) is 4.69. The SMILES string of the molecule is Cc1ccc2oc(C)[n+](CC(=O)O)c2c1. The number of aryl methyl sites for hydroxylation is 2. The minimum Gasteiger partial charge on any atom is -0.477 e. The van der Waals surface area contributed by atoms with Gasteiger partial charge in [-0.2, -0.15) is 0 Å². The molecule has 0 aliphatic carbocycles. The highest BCUT2D eigenvalue weighted by atomic mass is 16.4. The van der Waals surface area contributed by atoms with Gasteiger partial charge in [-0.3, -0.25) is 0 Å². The summed E-state index contributed by atoms with van der Waals surface area (Å²) >= 11 is 0. The summed E-state index contributed by atoms with van der Waals surface area (Å²) in [7, 11) is 0. The predicted octanol–water partition coefficient (Wildman–Crippen LogP) is 1.42. The molecule has 0 spiro atoms. The standard InChI is InChI=1S/C11H11NO3/c1-7-3-4-10-9(5-7)12(6-11(13)14)8(2)15-10/h3-5H,6H2,1-2H3/p+1. The fourth-order valence-electron chi connectivity index (χ4n) is 1.64. The molecule has 1 heterocycles. The van der Waals surface area contributed by atoms with E-state index < -0.39 is 5.97 Å². The quantitative estimate of drug-likeness (QED) is 0.756. The third-order valence-electron chi connectivity index (χ3n) is 2.34. The molecule has 0 aliphatic heterocycles. The summed E-state index contributed by atoms with van der Waals surface area (Å²) < 4.78 is 7.11. The van der Waals surface area contributed by atoms with Gasteiger partial charge in [0, 0.05) is 6.07 Å². The molecule has 0 fully saturated rings. The fourth-order valence-corrected chi connectivity index (χ4v) is 1.64. The summed E-state index contributed by atoms with van der Waals surface area (Å²) in [6, 6.07) is 5.72. The molecule has 0 atom stereocenters. The van der Waals surface area contributed by atoms with Gasteiger partial charge in [-0.25, -0.2) is 4.79 Å². The number of benzene rings is 1. The van der Waals surface area contributed by atoms with E-state index in [1.807, 2.05) is 25.1 Å². The van der Waals surface area contributed by atoms with Crippen molar-refractivity contribution in [3.63, 3.8) is 0 Å². The zero-order valence-electron chi connectivity index (χ0n) is 8.65. The lowest BCUT2D eigenvalue weighted by atomic mass is 10.2. The number of rotatable bonds is 2. The smallest absolute Gasteiger partial charge is 0.370 e. The molecule has 15 heavy (non-hydrogen) atoms. The molecule has 78 valence electrons. The van der Waals surface area contributed by atoms with Gasteiger partial charge in [0.25, 0.3) is 5.52 Å². The van der Waals surface area contributed by atoms with E-state index in [9.17, 15) is 4.79 Å². The second-order valence-electron chi connectivity index (χ2n) is 3.57. The van der Waals surface area contributed by atoms with Crippen molar-refractivity contribution in [3.05, 3.63) is 29.7 Å². The largest absolute Gasteiger partial charge is 0.477 e. The molecule has 2 aromatic rings. The summed E-state index contributed by atoms with van der Waals surface area (Å²) in [6.45, 7) is 3.66. The molecule has 0 unspecified atom stereocenters. The number of hydrogen-bond acceptors (Lipinski definition) is 2. The van der Waals surface area contributed by atoms with Gasteiger partial charge in [-0.1, -0.05) is 6.07 Å². The number of carbonyl (C=O) groups is 1. The van der Waals surface area contributed by atoms with Gasteiger partial charge in [0.2, 0.25) is 12.1 Å². The van der Waals surface area contributed by atoms with Gasteiger partial charge in [0.15, 0.2) is 0 Å². The number of aromatic nitrogens is 1. The average molecular weight is 206 g/mol. The molecule has 0 amide bonds. The molecule has 2 rings (SSSR count). The Bertz CT molecular complexity index is 528. The topological polar surface area (TPSA) is 54.3 Å². The fraction of sp³-hybridized carbons (Fsp3) is 0.273. The monoisotopic (exact) mass is 206 g/mol. The van der Waals surface area contributed by atoms with E-state index in [2.05, 4.69) is 0 Å². The van der Waals surface area contributed by atoms with Crippen molar-refractivity contribution in [2.45, 2.75) is 20.4 Å². The van der Waals surface area contributed by atoms with Gasteiger partial charge >= 0.3 is 11.9 Å². The van der Waals surface area contributed by atoms with E-state index in [-0.39, 0.29) is 6.54 Å². The highest BCUT2D eigenvalue weighted by Gasteiger charge is 2.21. The Hall–Kier alpha value is -1.84. The van der Waals surface area contributed by atoms with E-state index in [0.29, 0.717) is 5.89 Å². The van der Waals surface area contributed by atoms with E-state index in [1.165, 1.54) is 0 Å². The van der Waals surface area contributed by atoms with E-state index >= 15 is 0 Å². The predicted molar refractivity (Wildman–Crippen MR) is 53.5 cm³/mol. The molecule has 0 aliphatic rings. The van der Waals surface area contributed by atoms with Crippen LogP contribution < -0.4 is 4.57 Å². The Balaban J connectivity index is 2.65.